The monoisotopic (exact) mass is 280 g/mol. The predicted molar refractivity (Wildman–Crippen MR) is 69.3 cm³/mol. The van der Waals surface area contributed by atoms with E-state index in [0.717, 1.165) is 6.42 Å². The summed E-state index contributed by atoms with van der Waals surface area (Å²) in [5.41, 5.74) is 5.70. The van der Waals surface area contributed by atoms with Gasteiger partial charge in [-0.15, -0.1) is 0 Å². The van der Waals surface area contributed by atoms with Crippen LogP contribution in [0.4, 0.5) is 0 Å². The summed E-state index contributed by atoms with van der Waals surface area (Å²) < 4.78 is 16.0. The minimum absolute atomic E-state index is 0.0430. The molecule has 0 saturated heterocycles. The van der Waals surface area contributed by atoms with Gasteiger partial charge in [0.25, 0.3) is 0 Å². The van der Waals surface area contributed by atoms with E-state index in [2.05, 4.69) is 5.32 Å². The molecule has 1 unspecified atom stereocenters. The van der Waals surface area contributed by atoms with Crippen molar-refractivity contribution in [1.82, 2.24) is 5.32 Å². The average molecular weight is 280 g/mol. The molecule has 0 bridgehead atoms. The van der Waals surface area contributed by atoms with Crippen LogP contribution in [0.1, 0.15) is 6.42 Å². The minimum atomic E-state index is -2.61. The Balaban J connectivity index is 4.12. The lowest BCUT2D eigenvalue weighted by Crippen LogP contribution is -2.45. The van der Waals surface area contributed by atoms with E-state index in [1.165, 1.54) is 0 Å². The fourth-order valence-corrected chi connectivity index (χ4v) is 3.74. The largest absolute Gasteiger partial charge is 0.500 e. The zero-order valence-electron chi connectivity index (χ0n) is 11.3. The van der Waals surface area contributed by atoms with E-state index in [-0.39, 0.29) is 12.5 Å². The summed E-state index contributed by atoms with van der Waals surface area (Å²) in [5.74, 6) is -0.688. The molecule has 0 radical (unpaired) electrons. The Bertz CT molecular complexity index is 230. The van der Waals surface area contributed by atoms with Crippen molar-refractivity contribution in [2.24, 2.45) is 11.7 Å². The SMILES string of the molecule is CO[Si](CC(CN)CCNCC(=O)O)(OC)OC. The van der Waals surface area contributed by atoms with Gasteiger partial charge in [-0.3, -0.25) is 4.79 Å². The molecular weight excluding hydrogens is 256 g/mol. The molecule has 108 valence electrons. The van der Waals surface area contributed by atoms with Crippen molar-refractivity contribution in [3.63, 3.8) is 0 Å². The summed E-state index contributed by atoms with van der Waals surface area (Å²) >= 11 is 0. The molecule has 7 nitrogen and oxygen atoms in total. The number of hydrogen-bond acceptors (Lipinski definition) is 6. The number of carbonyl (C=O) groups is 1. The second kappa shape index (κ2) is 9.42. The van der Waals surface area contributed by atoms with Gasteiger partial charge in [0.1, 0.15) is 0 Å². The van der Waals surface area contributed by atoms with Gasteiger partial charge in [-0.2, -0.15) is 0 Å². The standard InChI is InChI=1S/C10H24N2O5Si/c1-15-18(16-2,17-3)8-9(6-11)4-5-12-7-10(13)14/h9,12H,4-8,11H2,1-3H3,(H,13,14). The van der Waals surface area contributed by atoms with Crippen molar-refractivity contribution in [2.75, 3.05) is 41.0 Å². The first-order valence-corrected chi connectivity index (χ1v) is 7.74. The third-order valence-electron chi connectivity index (χ3n) is 2.81. The number of carboxylic acids is 1. The van der Waals surface area contributed by atoms with Gasteiger partial charge < -0.3 is 29.4 Å². The summed E-state index contributed by atoms with van der Waals surface area (Å²) in [5, 5.41) is 11.3. The highest BCUT2D eigenvalue weighted by molar-refractivity contribution is 6.60. The van der Waals surface area contributed by atoms with Crippen LogP contribution in [-0.2, 0) is 18.1 Å². The molecule has 8 heteroatoms. The lowest BCUT2D eigenvalue weighted by molar-refractivity contribution is -0.135. The van der Waals surface area contributed by atoms with E-state index in [4.69, 9.17) is 24.1 Å². The molecule has 0 saturated carbocycles. The summed E-state index contributed by atoms with van der Waals surface area (Å²) in [6.45, 7) is 1.04. The molecule has 0 spiro atoms. The van der Waals surface area contributed by atoms with Gasteiger partial charge in [-0.25, -0.2) is 0 Å². The maximum atomic E-state index is 10.3. The Hall–Kier alpha value is -0.513. The van der Waals surface area contributed by atoms with Crippen molar-refractivity contribution >= 4 is 14.8 Å². The molecule has 18 heavy (non-hydrogen) atoms. The van der Waals surface area contributed by atoms with Gasteiger partial charge in [0, 0.05) is 27.4 Å². The van der Waals surface area contributed by atoms with Crippen molar-refractivity contribution in [2.45, 2.75) is 12.5 Å². The molecule has 0 amide bonds. The Morgan fingerprint density at radius 1 is 1.33 bits per heavy atom. The highest BCUT2D eigenvalue weighted by Gasteiger charge is 2.39. The summed E-state index contributed by atoms with van der Waals surface area (Å²) in [7, 11) is 2.09. The van der Waals surface area contributed by atoms with Crippen LogP contribution in [0.2, 0.25) is 6.04 Å². The van der Waals surface area contributed by atoms with Gasteiger partial charge in [0.2, 0.25) is 0 Å². The molecule has 0 fully saturated rings. The van der Waals surface area contributed by atoms with E-state index >= 15 is 0 Å². The van der Waals surface area contributed by atoms with E-state index in [9.17, 15) is 4.79 Å². The van der Waals surface area contributed by atoms with Crippen molar-refractivity contribution in [3.05, 3.63) is 0 Å². The Morgan fingerprint density at radius 3 is 2.28 bits per heavy atom. The topological polar surface area (TPSA) is 103 Å². The molecule has 0 aliphatic carbocycles. The van der Waals surface area contributed by atoms with E-state index in [1.54, 1.807) is 21.3 Å². The maximum Gasteiger partial charge on any atom is 0.500 e. The summed E-state index contributed by atoms with van der Waals surface area (Å²) in [6.07, 6.45) is 0.759. The third kappa shape index (κ3) is 6.43. The first kappa shape index (κ1) is 17.5. The van der Waals surface area contributed by atoms with Crippen LogP contribution in [0.15, 0.2) is 0 Å². The van der Waals surface area contributed by atoms with Gasteiger partial charge >= 0.3 is 14.8 Å². The third-order valence-corrected chi connectivity index (χ3v) is 5.75. The summed E-state index contributed by atoms with van der Waals surface area (Å²) in [6, 6.07) is 0.627. The van der Waals surface area contributed by atoms with Crippen LogP contribution in [0, 0.1) is 5.92 Å². The van der Waals surface area contributed by atoms with E-state index in [1.807, 2.05) is 0 Å². The predicted octanol–water partition coefficient (Wildman–Crippen LogP) is -0.496. The van der Waals surface area contributed by atoms with Crippen LogP contribution in [0.25, 0.3) is 0 Å². The lowest BCUT2D eigenvalue weighted by atomic mass is 10.1. The number of aliphatic carboxylic acids is 1. The van der Waals surface area contributed by atoms with Crippen LogP contribution >= 0.6 is 0 Å². The Labute approximate surface area is 109 Å². The molecule has 0 aromatic rings. The molecular formula is C10H24N2O5Si. The van der Waals surface area contributed by atoms with Crippen LogP contribution in [0.5, 0.6) is 0 Å². The number of rotatable bonds is 11. The smallest absolute Gasteiger partial charge is 0.480 e. The zero-order chi connectivity index (χ0) is 14.0. The van der Waals surface area contributed by atoms with Crippen molar-refractivity contribution < 1.29 is 23.2 Å². The van der Waals surface area contributed by atoms with Crippen LogP contribution in [-0.4, -0.2) is 60.8 Å². The quantitative estimate of drug-likeness (QED) is 0.346. The molecule has 0 rings (SSSR count). The molecule has 0 aromatic heterocycles. The normalized spacial score (nSPS) is 13.6. The number of nitrogens with two attached hydrogens (primary N) is 1. The molecule has 4 N–H and O–H groups in total. The molecule has 0 aliphatic heterocycles. The number of carboxylic acid groups (broad SMARTS) is 1. The molecule has 0 heterocycles. The Morgan fingerprint density at radius 2 is 1.89 bits per heavy atom. The fraction of sp³-hybridized carbons (Fsp3) is 0.900. The van der Waals surface area contributed by atoms with E-state index in [0.29, 0.717) is 19.1 Å². The van der Waals surface area contributed by atoms with Crippen LogP contribution < -0.4 is 11.1 Å². The molecule has 0 aromatic carbocycles. The lowest BCUT2D eigenvalue weighted by Gasteiger charge is -2.28. The van der Waals surface area contributed by atoms with Gasteiger partial charge in [-0.05, 0) is 25.4 Å². The fourth-order valence-electron chi connectivity index (χ4n) is 1.66. The van der Waals surface area contributed by atoms with E-state index < -0.39 is 14.8 Å². The first-order valence-electron chi connectivity index (χ1n) is 5.81. The molecule has 1 atom stereocenters. The van der Waals surface area contributed by atoms with Crippen molar-refractivity contribution in [3.8, 4) is 0 Å². The van der Waals surface area contributed by atoms with Crippen molar-refractivity contribution in [1.29, 1.82) is 0 Å². The number of hydrogen-bond donors (Lipinski definition) is 3. The van der Waals surface area contributed by atoms with Gasteiger partial charge in [0.15, 0.2) is 0 Å². The van der Waals surface area contributed by atoms with Gasteiger partial charge in [-0.1, -0.05) is 0 Å². The maximum absolute atomic E-state index is 10.3. The minimum Gasteiger partial charge on any atom is -0.480 e. The first-order chi connectivity index (χ1) is 8.53. The summed E-state index contributed by atoms with van der Waals surface area (Å²) in [4.78, 5) is 10.3. The second-order valence-electron chi connectivity index (χ2n) is 3.96. The van der Waals surface area contributed by atoms with Gasteiger partial charge in [0.05, 0.1) is 6.54 Å². The molecule has 0 aliphatic rings. The zero-order valence-corrected chi connectivity index (χ0v) is 12.3. The highest BCUT2D eigenvalue weighted by Crippen LogP contribution is 2.20. The average Bonchev–Trinajstić information content (AvgIpc) is 2.38. The Kier molecular flexibility index (Phi) is 9.15. The number of nitrogens with one attached hydrogen (secondary N) is 1. The highest BCUT2D eigenvalue weighted by atomic mass is 28.4. The van der Waals surface area contributed by atoms with Crippen LogP contribution in [0.3, 0.4) is 0 Å². The second-order valence-corrected chi connectivity index (χ2v) is 6.96.